The Labute approximate surface area is 195 Å². The van der Waals surface area contributed by atoms with E-state index in [9.17, 15) is 14.4 Å². The van der Waals surface area contributed by atoms with Crippen molar-refractivity contribution < 1.29 is 14.4 Å². The molecule has 7 nitrogen and oxygen atoms in total. The molecule has 0 radical (unpaired) electrons. The molecular weight excluding hydrogens is 416 g/mol. The molecule has 1 atom stereocenters. The molecule has 2 aromatic rings. The van der Waals surface area contributed by atoms with Crippen molar-refractivity contribution in [3.8, 4) is 0 Å². The first kappa shape index (κ1) is 23.0. The van der Waals surface area contributed by atoms with Crippen molar-refractivity contribution in [1.29, 1.82) is 0 Å². The highest BCUT2D eigenvalue weighted by Gasteiger charge is 2.38. The van der Waals surface area contributed by atoms with Gasteiger partial charge in [-0.15, -0.1) is 0 Å². The minimum Gasteiger partial charge on any atom is -0.340 e. The normalized spacial score (nSPS) is 19.1. The van der Waals surface area contributed by atoms with Gasteiger partial charge in [0.2, 0.25) is 17.7 Å². The number of hydrogen-bond donors (Lipinski definition) is 1. The van der Waals surface area contributed by atoms with Gasteiger partial charge in [-0.2, -0.15) is 0 Å². The van der Waals surface area contributed by atoms with E-state index in [1.807, 2.05) is 68.1 Å². The van der Waals surface area contributed by atoms with Crippen LogP contribution >= 0.6 is 0 Å². The van der Waals surface area contributed by atoms with Gasteiger partial charge in [-0.25, -0.2) is 0 Å². The van der Waals surface area contributed by atoms with Gasteiger partial charge in [0, 0.05) is 50.5 Å². The summed E-state index contributed by atoms with van der Waals surface area (Å²) in [5.74, 6) is -0.312. The monoisotopic (exact) mass is 448 g/mol. The van der Waals surface area contributed by atoms with Crippen LogP contribution in [0.2, 0.25) is 0 Å². The van der Waals surface area contributed by atoms with Gasteiger partial charge >= 0.3 is 0 Å². The van der Waals surface area contributed by atoms with E-state index in [2.05, 4.69) is 10.2 Å². The Morgan fingerprint density at radius 1 is 0.970 bits per heavy atom. The van der Waals surface area contributed by atoms with Gasteiger partial charge in [-0.3, -0.25) is 19.3 Å². The van der Waals surface area contributed by atoms with E-state index < -0.39 is 0 Å². The fraction of sp³-hybridized carbons (Fsp3) is 0.423. The van der Waals surface area contributed by atoms with Crippen molar-refractivity contribution in [2.45, 2.75) is 27.2 Å². The molecule has 1 N–H and O–H groups in total. The predicted molar refractivity (Wildman–Crippen MR) is 129 cm³/mol. The SMILES string of the molecule is Cc1ccc(N2CC(C(=O)N3CCN(CC(=O)Nc4cccc(C)c4C)CC3)CC2=O)cc1. The molecule has 2 saturated heterocycles. The van der Waals surface area contributed by atoms with Crippen LogP contribution in [0.3, 0.4) is 0 Å². The smallest absolute Gasteiger partial charge is 0.238 e. The van der Waals surface area contributed by atoms with Crippen molar-refractivity contribution in [2.24, 2.45) is 5.92 Å². The van der Waals surface area contributed by atoms with Gasteiger partial charge in [0.1, 0.15) is 0 Å². The lowest BCUT2D eigenvalue weighted by Gasteiger charge is -2.35. The van der Waals surface area contributed by atoms with Crippen LogP contribution < -0.4 is 10.2 Å². The zero-order valence-corrected chi connectivity index (χ0v) is 19.6. The number of nitrogens with zero attached hydrogens (tertiary/aromatic N) is 3. The number of anilines is 2. The van der Waals surface area contributed by atoms with Crippen molar-refractivity contribution in [1.82, 2.24) is 9.80 Å². The highest BCUT2D eigenvalue weighted by atomic mass is 16.2. The van der Waals surface area contributed by atoms with Crippen molar-refractivity contribution in [3.05, 3.63) is 59.2 Å². The molecule has 7 heteroatoms. The molecule has 33 heavy (non-hydrogen) atoms. The lowest BCUT2D eigenvalue weighted by atomic mass is 10.1. The molecule has 0 aromatic heterocycles. The first-order valence-corrected chi connectivity index (χ1v) is 11.6. The Morgan fingerprint density at radius 3 is 2.36 bits per heavy atom. The number of amides is 3. The fourth-order valence-electron chi connectivity index (χ4n) is 4.51. The second-order valence-corrected chi connectivity index (χ2v) is 9.14. The second kappa shape index (κ2) is 9.75. The maximum atomic E-state index is 13.1. The molecule has 0 spiro atoms. The molecule has 4 rings (SSSR count). The summed E-state index contributed by atoms with van der Waals surface area (Å²) in [5, 5.41) is 3.00. The van der Waals surface area contributed by atoms with Crippen molar-refractivity contribution in [2.75, 3.05) is 49.5 Å². The van der Waals surface area contributed by atoms with Gasteiger partial charge in [0.25, 0.3) is 0 Å². The van der Waals surface area contributed by atoms with Gasteiger partial charge in [-0.1, -0.05) is 29.8 Å². The molecule has 2 fully saturated rings. The van der Waals surface area contributed by atoms with E-state index in [1.165, 1.54) is 0 Å². The second-order valence-electron chi connectivity index (χ2n) is 9.14. The van der Waals surface area contributed by atoms with Crippen LogP contribution in [-0.4, -0.2) is 66.8 Å². The summed E-state index contributed by atoms with van der Waals surface area (Å²) < 4.78 is 0. The molecule has 2 aliphatic heterocycles. The summed E-state index contributed by atoms with van der Waals surface area (Å²) in [6.07, 6.45) is 0.255. The van der Waals surface area contributed by atoms with Crippen molar-refractivity contribution in [3.63, 3.8) is 0 Å². The van der Waals surface area contributed by atoms with Crippen LogP contribution in [0.25, 0.3) is 0 Å². The minimum atomic E-state index is -0.307. The van der Waals surface area contributed by atoms with E-state index in [-0.39, 0.29) is 30.1 Å². The van der Waals surface area contributed by atoms with E-state index >= 15 is 0 Å². The molecule has 2 aliphatic rings. The van der Waals surface area contributed by atoms with Crippen LogP contribution in [0, 0.1) is 26.7 Å². The molecule has 0 saturated carbocycles. The summed E-state index contributed by atoms with van der Waals surface area (Å²) in [5.41, 5.74) is 5.05. The maximum absolute atomic E-state index is 13.1. The Kier molecular flexibility index (Phi) is 6.79. The summed E-state index contributed by atoms with van der Waals surface area (Å²) in [6, 6.07) is 13.7. The highest BCUT2D eigenvalue weighted by molar-refractivity contribution is 6.00. The third-order valence-electron chi connectivity index (χ3n) is 6.75. The predicted octanol–water partition coefficient (Wildman–Crippen LogP) is 2.75. The quantitative estimate of drug-likeness (QED) is 0.764. The summed E-state index contributed by atoms with van der Waals surface area (Å²) in [4.78, 5) is 43.7. The van der Waals surface area contributed by atoms with Gasteiger partial charge in [-0.05, 0) is 50.1 Å². The zero-order valence-electron chi connectivity index (χ0n) is 19.6. The number of hydrogen-bond acceptors (Lipinski definition) is 4. The highest BCUT2D eigenvalue weighted by Crippen LogP contribution is 2.27. The molecule has 0 aliphatic carbocycles. The molecule has 3 amide bonds. The Hall–Kier alpha value is -3.19. The summed E-state index contributed by atoms with van der Waals surface area (Å²) >= 11 is 0. The standard InChI is InChI=1S/C26H32N4O3/c1-18-7-9-22(10-8-18)30-16-21(15-25(30)32)26(33)29-13-11-28(12-14-29)17-24(31)27-23-6-4-5-19(2)20(23)3/h4-10,21H,11-17H2,1-3H3,(H,27,31). The third-order valence-corrected chi connectivity index (χ3v) is 6.75. The summed E-state index contributed by atoms with van der Waals surface area (Å²) in [7, 11) is 0. The molecular formula is C26H32N4O3. The van der Waals surface area contributed by atoms with Gasteiger partial charge in [0.15, 0.2) is 0 Å². The fourth-order valence-corrected chi connectivity index (χ4v) is 4.51. The molecule has 1 unspecified atom stereocenters. The third kappa shape index (κ3) is 5.25. The Bertz CT molecular complexity index is 1040. The van der Waals surface area contributed by atoms with E-state index in [4.69, 9.17) is 0 Å². The number of benzene rings is 2. The number of carbonyl (C=O) groups excluding carboxylic acids is 3. The molecule has 0 bridgehead atoms. The van der Waals surface area contributed by atoms with Gasteiger partial charge < -0.3 is 15.1 Å². The largest absolute Gasteiger partial charge is 0.340 e. The van der Waals surface area contributed by atoms with Crippen LogP contribution in [0.1, 0.15) is 23.1 Å². The summed E-state index contributed by atoms with van der Waals surface area (Å²) in [6.45, 7) is 9.22. The average Bonchev–Trinajstić information content (AvgIpc) is 3.19. The number of nitrogens with one attached hydrogen (secondary N) is 1. The first-order chi connectivity index (χ1) is 15.8. The number of carbonyl (C=O) groups is 3. The average molecular weight is 449 g/mol. The topological polar surface area (TPSA) is 73.0 Å². The van der Waals surface area contributed by atoms with E-state index in [0.29, 0.717) is 39.3 Å². The van der Waals surface area contributed by atoms with Crippen LogP contribution in [0.5, 0.6) is 0 Å². The number of piperazine rings is 1. The minimum absolute atomic E-state index is 0.000970. The lowest BCUT2D eigenvalue weighted by molar-refractivity contribution is -0.137. The Morgan fingerprint density at radius 2 is 1.67 bits per heavy atom. The van der Waals surface area contributed by atoms with E-state index in [1.54, 1.807) is 4.90 Å². The van der Waals surface area contributed by atoms with Crippen LogP contribution in [-0.2, 0) is 14.4 Å². The van der Waals surface area contributed by atoms with Gasteiger partial charge in [0.05, 0.1) is 12.5 Å². The number of rotatable bonds is 5. The van der Waals surface area contributed by atoms with Crippen molar-refractivity contribution >= 4 is 29.1 Å². The zero-order chi connectivity index (χ0) is 23.5. The molecule has 2 heterocycles. The lowest BCUT2D eigenvalue weighted by Crippen LogP contribution is -2.52. The van der Waals surface area contributed by atoms with Crippen LogP contribution in [0.4, 0.5) is 11.4 Å². The number of aryl methyl sites for hydroxylation is 2. The molecule has 2 aromatic carbocycles. The Balaban J connectivity index is 1.27. The maximum Gasteiger partial charge on any atom is 0.238 e. The van der Waals surface area contributed by atoms with E-state index in [0.717, 1.165) is 28.1 Å². The van der Waals surface area contributed by atoms with Crippen LogP contribution in [0.15, 0.2) is 42.5 Å². The first-order valence-electron chi connectivity index (χ1n) is 11.6. The molecule has 174 valence electrons.